The first kappa shape index (κ1) is 16.7. The molecule has 6 heteroatoms. The molecule has 3 amide bonds. The Labute approximate surface area is 141 Å². The van der Waals surface area contributed by atoms with Crippen LogP contribution in [0.3, 0.4) is 0 Å². The Hall–Kier alpha value is -2.11. The SMILES string of the molecule is CN(C(=O)N[C@H]1CCN(C(=O)C2CCCC2)C1)c1ccc(F)cc1. The van der Waals surface area contributed by atoms with E-state index in [1.54, 1.807) is 19.2 Å². The summed E-state index contributed by atoms with van der Waals surface area (Å²) in [6.07, 6.45) is 5.07. The highest BCUT2D eigenvalue weighted by Crippen LogP contribution is 2.28. The zero-order valence-electron chi connectivity index (χ0n) is 14.0. The van der Waals surface area contributed by atoms with Gasteiger partial charge in [0, 0.05) is 37.8 Å². The molecule has 0 radical (unpaired) electrons. The van der Waals surface area contributed by atoms with Crippen LogP contribution in [0.1, 0.15) is 32.1 Å². The number of rotatable bonds is 3. The van der Waals surface area contributed by atoms with Gasteiger partial charge in [-0.15, -0.1) is 0 Å². The minimum atomic E-state index is -0.329. The second kappa shape index (κ2) is 7.20. The molecule has 130 valence electrons. The number of nitrogens with zero attached hydrogens (tertiary/aromatic N) is 2. The third-order valence-corrected chi connectivity index (χ3v) is 5.05. The molecule has 1 aliphatic heterocycles. The summed E-state index contributed by atoms with van der Waals surface area (Å²) < 4.78 is 13.0. The van der Waals surface area contributed by atoms with E-state index in [1.807, 2.05) is 4.90 Å². The van der Waals surface area contributed by atoms with Gasteiger partial charge in [-0.1, -0.05) is 12.8 Å². The third-order valence-electron chi connectivity index (χ3n) is 5.05. The molecular weight excluding hydrogens is 309 g/mol. The first-order valence-corrected chi connectivity index (χ1v) is 8.63. The quantitative estimate of drug-likeness (QED) is 0.925. The summed E-state index contributed by atoms with van der Waals surface area (Å²) in [6, 6.07) is 5.54. The summed E-state index contributed by atoms with van der Waals surface area (Å²) in [4.78, 5) is 28.1. The zero-order valence-corrected chi connectivity index (χ0v) is 14.0. The molecule has 1 heterocycles. The lowest BCUT2D eigenvalue weighted by Crippen LogP contribution is -2.45. The van der Waals surface area contributed by atoms with Crippen LogP contribution >= 0.6 is 0 Å². The number of hydrogen-bond acceptors (Lipinski definition) is 2. The second-order valence-corrected chi connectivity index (χ2v) is 6.74. The van der Waals surface area contributed by atoms with E-state index in [-0.39, 0.29) is 29.7 Å². The summed E-state index contributed by atoms with van der Waals surface area (Å²) in [5, 5.41) is 2.97. The maximum atomic E-state index is 13.0. The molecule has 1 aromatic carbocycles. The average molecular weight is 333 g/mol. The van der Waals surface area contributed by atoms with Gasteiger partial charge in [-0.25, -0.2) is 9.18 Å². The van der Waals surface area contributed by atoms with Crippen LogP contribution in [-0.4, -0.2) is 43.0 Å². The van der Waals surface area contributed by atoms with E-state index < -0.39 is 0 Å². The van der Waals surface area contributed by atoms with E-state index in [9.17, 15) is 14.0 Å². The Kier molecular flexibility index (Phi) is 5.02. The summed E-state index contributed by atoms with van der Waals surface area (Å²) in [5.41, 5.74) is 0.630. The molecule has 1 aromatic rings. The lowest BCUT2D eigenvalue weighted by Gasteiger charge is -2.23. The number of likely N-dealkylation sites (tertiary alicyclic amines) is 1. The normalized spacial score (nSPS) is 21.1. The van der Waals surface area contributed by atoms with Crippen LogP contribution in [0.4, 0.5) is 14.9 Å². The Morgan fingerprint density at radius 1 is 1.17 bits per heavy atom. The van der Waals surface area contributed by atoms with Crippen molar-refractivity contribution in [3.8, 4) is 0 Å². The number of urea groups is 1. The van der Waals surface area contributed by atoms with E-state index in [4.69, 9.17) is 0 Å². The number of carbonyl (C=O) groups excluding carboxylic acids is 2. The summed E-state index contributed by atoms with van der Waals surface area (Å²) in [7, 11) is 1.65. The molecule has 2 fully saturated rings. The summed E-state index contributed by atoms with van der Waals surface area (Å²) in [5.74, 6) is 0.0990. The highest BCUT2D eigenvalue weighted by atomic mass is 19.1. The van der Waals surface area contributed by atoms with Crippen molar-refractivity contribution in [2.24, 2.45) is 5.92 Å². The number of nitrogens with one attached hydrogen (secondary N) is 1. The van der Waals surface area contributed by atoms with E-state index in [0.717, 1.165) is 32.1 Å². The predicted molar refractivity (Wildman–Crippen MR) is 90.3 cm³/mol. The third kappa shape index (κ3) is 3.68. The molecule has 5 nitrogen and oxygen atoms in total. The predicted octanol–water partition coefficient (Wildman–Crippen LogP) is 2.76. The highest BCUT2D eigenvalue weighted by molar-refractivity contribution is 5.91. The van der Waals surface area contributed by atoms with Gasteiger partial charge in [-0.3, -0.25) is 9.69 Å². The van der Waals surface area contributed by atoms with Gasteiger partial charge in [-0.05, 0) is 43.5 Å². The molecule has 1 N–H and O–H groups in total. The minimum Gasteiger partial charge on any atom is -0.340 e. The standard InChI is InChI=1S/C18H24FN3O2/c1-21(16-8-6-14(19)7-9-16)18(24)20-15-10-11-22(12-15)17(23)13-4-2-3-5-13/h6-9,13,15H,2-5,10-12H2,1H3,(H,20,24)/t15-/m0/s1. The monoisotopic (exact) mass is 333 g/mol. The van der Waals surface area contributed by atoms with Crippen molar-refractivity contribution in [1.29, 1.82) is 0 Å². The Morgan fingerprint density at radius 3 is 2.50 bits per heavy atom. The van der Waals surface area contributed by atoms with E-state index >= 15 is 0 Å². The molecule has 1 saturated heterocycles. The van der Waals surface area contributed by atoms with Crippen LogP contribution in [0, 0.1) is 11.7 Å². The molecule has 1 aliphatic carbocycles. The Bertz CT molecular complexity index is 599. The fourth-order valence-electron chi connectivity index (χ4n) is 3.56. The van der Waals surface area contributed by atoms with Crippen molar-refractivity contribution in [3.05, 3.63) is 30.1 Å². The van der Waals surface area contributed by atoms with Crippen molar-refractivity contribution in [2.45, 2.75) is 38.1 Å². The van der Waals surface area contributed by atoms with Gasteiger partial charge in [0.05, 0.1) is 0 Å². The molecule has 0 bridgehead atoms. The van der Waals surface area contributed by atoms with Gasteiger partial charge in [0.1, 0.15) is 5.82 Å². The van der Waals surface area contributed by atoms with Gasteiger partial charge in [0.15, 0.2) is 0 Å². The fraction of sp³-hybridized carbons (Fsp3) is 0.556. The Balaban J connectivity index is 1.52. The van der Waals surface area contributed by atoms with Crippen LogP contribution in [0.15, 0.2) is 24.3 Å². The van der Waals surface area contributed by atoms with Gasteiger partial charge in [-0.2, -0.15) is 0 Å². The zero-order chi connectivity index (χ0) is 17.1. The number of halogens is 1. The smallest absolute Gasteiger partial charge is 0.321 e. The number of carbonyl (C=O) groups is 2. The highest BCUT2D eigenvalue weighted by Gasteiger charge is 2.33. The van der Waals surface area contributed by atoms with Crippen molar-refractivity contribution in [1.82, 2.24) is 10.2 Å². The van der Waals surface area contributed by atoms with Crippen LogP contribution in [-0.2, 0) is 4.79 Å². The van der Waals surface area contributed by atoms with Crippen LogP contribution < -0.4 is 10.2 Å². The lowest BCUT2D eigenvalue weighted by molar-refractivity contribution is -0.134. The van der Waals surface area contributed by atoms with Crippen molar-refractivity contribution >= 4 is 17.6 Å². The maximum absolute atomic E-state index is 13.0. The summed E-state index contributed by atoms with van der Waals surface area (Å²) in [6.45, 7) is 1.29. The average Bonchev–Trinajstić information content (AvgIpc) is 3.26. The molecule has 1 saturated carbocycles. The van der Waals surface area contributed by atoms with Crippen molar-refractivity contribution < 1.29 is 14.0 Å². The molecule has 0 spiro atoms. The fourth-order valence-corrected chi connectivity index (χ4v) is 3.56. The molecular formula is C18H24FN3O2. The largest absolute Gasteiger partial charge is 0.340 e. The first-order valence-electron chi connectivity index (χ1n) is 8.63. The van der Waals surface area contributed by atoms with Gasteiger partial charge in [0.25, 0.3) is 0 Å². The minimum absolute atomic E-state index is 0.0225. The number of amides is 3. The molecule has 1 atom stereocenters. The molecule has 0 unspecified atom stereocenters. The van der Waals surface area contributed by atoms with Crippen LogP contribution in [0.2, 0.25) is 0 Å². The molecule has 24 heavy (non-hydrogen) atoms. The second-order valence-electron chi connectivity index (χ2n) is 6.74. The van der Waals surface area contributed by atoms with Crippen LogP contribution in [0.5, 0.6) is 0 Å². The van der Waals surface area contributed by atoms with Gasteiger partial charge in [0.2, 0.25) is 5.91 Å². The first-order chi connectivity index (χ1) is 11.5. The van der Waals surface area contributed by atoms with E-state index in [2.05, 4.69) is 5.32 Å². The number of hydrogen-bond donors (Lipinski definition) is 1. The Morgan fingerprint density at radius 2 is 1.83 bits per heavy atom. The number of anilines is 1. The van der Waals surface area contributed by atoms with Crippen molar-refractivity contribution in [2.75, 3.05) is 25.0 Å². The van der Waals surface area contributed by atoms with E-state index in [0.29, 0.717) is 18.8 Å². The van der Waals surface area contributed by atoms with Gasteiger partial charge >= 0.3 is 6.03 Å². The van der Waals surface area contributed by atoms with Gasteiger partial charge < -0.3 is 10.2 Å². The van der Waals surface area contributed by atoms with Crippen LogP contribution in [0.25, 0.3) is 0 Å². The number of benzene rings is 1. The molecule has 2 aliphatic rings. The molecule has 0 aromatic heterocycles. The van der Waals surface area contributed by atoms with Crippen molar-refractivity contribution in [3.63, 3.8) is 0 Å². The molecule has 3 rings (SSSR count). The lowest BCUT2D eigenvalue weighted by atomic mass is 10.1. The topological polar surface area (TPSA) is 52.7 Å². The maximum Gasteiger partial charge on any atom is 0.321 e. The van der Waals surface area contributed by atoms with E-state index in [1.165, 1.54) is 17.0 Å². The summed E-state index contributed by atoms with van der Waals surface area (Å²) >= 11 is 0.